The molecule has 0 radical (unpaired) electrons. The average Bonchev–Trinajstić information content (AvgIpc) is 2.88. The lowest BCUT2D eigenvalue weighted by Gasteiger charge is -2.26. The largest absolute Gasteiger partial charge is 0.491 e. The summed E-state index contributed by atoms with van der Waals surface area (Å²) in [7, 11) is -3.49. The van der Waals surface area contributed by atoms with E-state index in [1.807, 2.05) is 0 Å². The van der Waals surface area contributed by atoms with Gasteiger partial charge in [0.05, 0.1) is 30.4 Å². The molecule has 0 spiro atoms. The van der Waals surface area contributed by atoms with Crippen LogP contribution in [0.1, 0.15) is 5.56 Å². The van der Waals surface area contributed by atoms with Gasteiger partial charge in [-0.2, -0.15) is 4.31 Å². The summed E-state index contributed by atoms with van der Waals surface area (Å²) in [5.41, 5.74) is 7.12. The van der Waals surface area contributed by atoms with Crippen molar-refractivity contribution in [2.75, 3.05) is 38.6 Å². The molecular formula is C12H16N2O4S. The van der Waals surface area contributed by atoms with Gasteiger partial charge in [0.1, 0.15) is 5.75 Å². The Hall–Kier alpha value is -1.31. The molecule has 2 N–H and O–H groups in total. The van der Waals surface area contributed by atoms with E-state index in [2.05, 4.69) is 0 Å². The van der Waals surface area contributed by atoms with Crippen LogP contribution in [0.15, 0.2) is 17.0 Å². The van der Waals surface area contributed by atoms with Gasteiger partial charge >= 0.3 is 0 Å². The molecule has 6 nitrogen and oxygen atoms in total. The van der Waals surface area contributed by atoms with Gasteiger partial charge in [-0.05, 0) is 12.1 Å². The van der Waals surface area contributed by atoms with Gasteiger partial charge in [0.25, 0.3) is 0 Å². The van der Waals surface area contributed by atoms with E-state index in [1.54, 1.807) is 6.07 Å². The summed E-state index contributed by atoms with van der Waals surface area (Å²) in [5, 5.41) is 0. The fraction of sp³-hybridized carbons (Fsp3) is 0.500. The third kappa shape index (κ3) is 2.18. The standard InChI is InChI=1S/C12H16N2O4S/c13-11-8-10(7-9-1-4-18-12(9)11)19(15,16)14-2-5-17-6-3-14/h7-8H,1-6,13H2. The molecule has 2 heterocycles. The Morgan fingerprint density at radius 1 is 1.16 bits per heavy atom. The van der Waals surface area contributed by atoms with Crippen LogP contribution < -0.4 is 10.5 Å². The Morgan fingerprint density at radius 3 is 2.63 bits per heavy atom. The van der Waals surface area contributed by atoms with Crippen LogP contribution in [0, 0.1) is 0 Å². The number of benzene rings is 1. The Balaban J connectivity index is 1.99. The molecular weight excluding hydrogens is 268 g/mol. The zero-order chi connectivity index (χ0) is 13.5. The predicted molar refractivity (Wildman–Crippen MR) is 69.6 cm³/mol. The highest BCUT2D eigenvalue weighted by molar-refractivity contribution is 7.89. The van der Waals surface area contributed by atoms with Crippen LogP contribution in [-0.2, 0) is 21.2 Å². The molecule has 0 amide bonds. The van der Waals surface area contributed by atoms with Crippen molar-refractivity contribution in [2.24, 2.45) is 0 Å². The van der Waals surface area contributed by atoms with Gasteiger partial charge in [-0.3, -0.25) is 0 Å². The van der Waals surface area contributed by atoms with E-state index in [4.69, 9.17) is 15.2 Å². The number of nitrogens with zero attached hydrogens (tertiary/aromatic N) is 1. The first-order valence-corrected chi connectivity index (χ1v) is 7.66. The summed E-state index contributed by atoms with van der Waals surface area (Å²) >= 11 is 0. The molecule has 0 atom stereocenters. The van der Waals surface area contributed by atoms with Crippen LogP contribution in [0.2, 0.25) is 0 Å². The summed E-state index contributed by atoms with van der Waals surface area (Å²) in [6.07, 6.45) is 0.700. The normalized spacial score (nSPS) is 20.0. The smallest absolute Gasteiger partial charge is 0.243 e. The Morgan fingerprint density at radius 2 is 1.89 bits per heavy atom. The number of fused-ring (bicyclic) bond motifs is 1. The van der Waals surface area contributed by atoms with Crippen molar-refractivity contribution in [2.45, 2.75) is 11.3 Å². The molecule has 3 rings (SSSR count). The molecule has 0 saturated carbocycles. The maximum absolute atomic E-state index is 12.5. The van der Waals surface area contributed by atoms with Crippen molar-refractivity contribution < 1.29 is 17.9 Å². The molecule has 0 unspecified atom stereocenters. The molecule has 2 aliphatic heterocycles. The minimum Gasteiger partial charge on any atom is -0.491 e. The molecule has 2 aliphatic rings. The highest BCUT2D eigenvalue weighted by atomic mass is 32.2. The zero-order valence-electron chi connectivity index (χ0n) is 10.5. The topological polar surface area (TPSA) is 81.9 Å². The molecule has 1 aromatic rings. The van der Waals surface area contributed by atoms with Crippen LogP contribution in [0.4, 0.5) is 5.69 Å². The van der Waals surface area contributed by atoms with Crippen LogP contribution in [0.25, 0.3) is 0 Å². The lowest BCUT2D eigenvalue weighted by Crippen LogP contribution is -2.40. The monoisotopic (exact) mass is 284 g/mol. The Labute approximate surface area is 112 Å². The number of ether oxygens (including phenoxy) is 2. The summed E-state index contributed by atoms with van der Waals surface area (Å²) in [4.78, 5) is 0.246. The maximum atomic E-state index is 12.5. The van der Waals surface area contributed by atoms with Crippen LogP contribution >= 0.6 is 0 Å². The number of sulfonamides is 1. The van der Waals surface area contributed by atoms with Crippen molar-refractivity contribution in [3.05, 3.63) is 17.7 Å². The maximum Gasteiger partial charge on any atom is 0.243 e. The van der Waals surface area contributed by atoms with Gasteiger partial charge in [0.2, 0.25) is 10.0 Å². The lowest BCUT2D eigenvalue weighted by molar-refractivity contribution is 0.0730. The van der Waals surface area contributed by atoms with Crippen molar-refractivity contribution in [3.8, 4) is 5.75 Å². The Bertz CT molecular complexity index is 594. The Kier molecular flexibility index (Phi) is 3.12. The molecule has 1 fully saturated rings. The highest BCUT2D eigenvalue weighted by Gasteiger charge is 2.28. The molecule has 1 aromatic carbocycles. The first-order valence-electron chi connectivity index (χ1n) is 6.22. The third-order valence-electron chi connectivity index (χ3n) is 3.39. The summed E-state index contributed by atoms with van der Waals surface area (Å²) < 4.78 is 37.0. The number of hydrogen-bond acceptors (Lipinski definition) is 5. The van der Waals surface area contributed by atoms with Crippen molar-refractivity contribution in [1.29, 1.82) is 0 Å². The van der Waals surface area contributed by atoms with Crippen LogP contribution in [0.3, 0.4) is 0 Å². The van der Waals surface area contributed by atoms with Gasteiger partial charge in [-0.15, -0.1) is 0 Å². The minimum atomic E-state index is -3.49. The SMILES string of the molecule is Nc1cc(S(=O)(=O)N2CCOCC2)cc2c1OCC2. The van der Waals surface area contributed by atoms with Crippen molar-refractivity contribution >= 4 is 15.7 Å². The molecule has 0 aliphatic carbocycles. The van der Waals surface area contributed by atoms with E-state index < -0.39 is 10.0 Å². The first-order chi connectivity index (χ1) is 9.09. The molecule has 1 saturated heterocycles. The first kappa shape index (κ1) is 12.7. The van der Waals surface area contributed by atoms with Gasteiger partial charge < -0.3 is 15.2 Å². The third-order valence-corrected chi connectivity index (χ3v) is 5.27. The number of nitrogen functional groups attached to an aromatic ring is 1. The molecule has 0 bridgehead atoms. The van der Waals surface area contributed by atoms with E-state index in [9.17, 15) is 8.42 Å². The summed E-state index contributed by atoms with van der Waals surface area (Å²) in [5.74, 6) is 0.626. The quantitative estimate of drug-likeness (QED) is 0.786. The second-order valence-electron chi connectivity index (χ2n) is 4.62. The number of nitrogens with two attached hydrogens (primary N) is 1. The van der Waals surface area contributed by atoms with Gasteiger partial charge in [-0.25, -0.2) is 8.42 Å². The number of hydrogen-bond donors (Lipinski definition) is 1. The number of anilines is 1. The molecule has 104 valence electrons. The molecule has 0 aromatic heterocycles. The molecule has 19 heavy (non-hydrogen) atoms. The summed E-state index contributed by atoms with van der Waals surface area (Å²) in [6.45, 7) is 2.19. The van der Waals surface area contributed by atoms with E-state index in [0.717, 1.165) is 5.56 Å². The fourth-order valence-electron chi connectivity index (χ4n) is 2.39. The lowest BCUT2D eigenvalue weighted by atomic mass is 10.1. The van der Waals surface area contributed by atoms with E-state index >= 15 is 0 Å². The van der Waals surface area contributed by atoms with Gasteiger partial charge in [0, 0.05) is 25.1 Å². The van der Waals surface area contributed by atoms with Crippen LogP contribution in [0.5, 0.6) is 5.75 Å². The fourth-order valence-corrected chi connectivity index (χ4v) is 3.89. The van der Waals surface area contributed by atoms with Crippen LogP contribution in [-0.4, -0.2) is 45.6 Å². The number of rotatable bonds is 2. The van der Waals surface area contributed by atoms with E-state index in [-0.39, 0.29) is 4.90 Å². The van der Waals surface area contributed by atoms with Gasteiger partial charge in [0.15, 0.2) is 0 Å². The average molecular weight is 284 g/mol. The second kappa shape index (κ2) is 4.66. The predicted octanol–water partition coefficient (Wildman–Crippen LogP) is 0.225. The minimum absolute atomic E-state index is 0.246. The van der Waals surface area contributed by atoms with Crippen molar-refractivity contribution in [1.82, 2.24) is 4.31 Å². The van der Waals surface area contributed by atoms with E-state index in [0.29, 0.717) is 50.8 Å². The zero-order valence-corrected chi connectivity index (χ0v) is 11.3. The van der Waals surface area contributed by atoms with Gasteiger partial charge in [-0.1, -0.05) is 0 Å². The molecule has 7 heteroatoms. The summed E-state index contributed by atoms with van der Waals surface area (Å²) in [6, 6.07) is 3.15. The second-order valence-corrected chi connectivity index (χ2v) is 6.55. The number of morpholine rings is 1. The highest BCUT2D eigenvalue weighted by Crippen LogP contribution is 2.35. The van der Waals surface area contributed by atoms with Crippen molar-refractivity contribution in [3.63, 3.8) is 0 Å². The van der Waals surface area contributed by atoms with E-state index in [1.165, 1.54) is 10.4 Å².